The Bertz CT molecular complexity index is 683. The lowest BCUT2D eigenvalue weighted by Crippen LogP contribution is -2.34. The molecule has 8 nitrogen and oxygen atoms in total. The Morgan fingerprint density at radius 2 is 2.08 bits per heavy atom. The van der Waals surface area contributed by atoms with Crippen LogP contribution in [0, 0.1) is 23.2 Å². The van der Waals surface area contributed by atoms with E-state index in [1.54, 1.807) is 0 Å². The quantitative estimate of drug-likeness (QED) is 0.802. The molecule has 0 bridgehead atoms. The van der Waals surface area contributed by atoms with Crippen LogP contribution >= 0.6 is 0 Å². The molecule has 3 unspecified atom stereocenters. The molecular weight excluding hydrogens is 310 g/mol. The molecule has 1 aromatic heterocycles. The van der Waals surface area contributed by atoms with Gasteiger partial charge in [0.15, 0.2) is 5.82 Å². The summed E-state index contributed by atoms with van der Waals surface area (Å²) in [5.41, 5.74) is 10.5. The normalized spacial score (nSPS) is 24.2. The Labute approximate surface area is 140 Å². The van der Waals surface area contributed by atoms with Gasteiger partial charge in [0.25, 0.3) is 5.91 Å². The number of primary amides is 1. The maximum Gasteiger partial charge on any atom is 0.309 e. The number of nitrogen functional groups attached to an aromatic ring is 1. The SMILES string of the molecule is CC(C)(C)OC(=O)C1CCC(n2cc(C(N)=O)c(N)n2)C(C#N)C1. The number of ether oxygens (including phenoxy) is 1. The van der Waals surface area contributed by atoms with Gasteiger partial charge in [-0.15, -0.1) is 0 Å². The third-order valence-electron chi connectivity index (χ3n) is 4.09. The number of anilines is 1. The van der Waals surface area contributed by atoms with Gasteiger partial charge in [-0.1, -0.05) is 0 Å². The van der Waals surface area contributed by atoms with Gasteiger partial charge in [0.1, 0.15) is 11.2 Å². The molecule has 1 fully saturated rings. The Morgan fingerprint density at radius 3 is 2.58 bits per heavy atom. The van der Waals surface area contributed by atoms with Crippen molar-refractivity contribution in [2.24, 2.45) is 17.6 Å². The van der Waals surface area contributed by atoms with Crippen LogP contribution in [0.3, 0.4) is 0 Å². The summed E-state index contributed by atoms with van der Waals surface area (Å²) in [7, 11) is 0. The predicted molar refractivity (Wildman–Crippen MR) is 86.5 cm³/mol. The lowest BCUT2D eigenvalue weighted by Gasteiger charge is -2.33. The second kappa shape index (κ2) is 6.51. The van der Waals surface area contributed by atoms with Crippen LogP contribution in [0.2, 0.25) is 0 Å². The van der Waals surface area contributed by atoms with E-state index in [0.717, 1.165) is 0 Å². The predicted octanol–water partition coefficient (Wildman–Crippen LogP) is 1.39. The highest BCUT2D eigenvalue weighted by molar-refractivity contribution is 5.96. The van der Waals surface area contributed by atoms with Gasteiger partial charge in [0, 0.05) is 6.20 Å². The molecule has 1 aliphatic rings. The van der Waals surface area contributed by atoms with Crippen molar-refractivity contribution in [3.63, 3.8) is 0 Å². The van der Waals surface area contributed by atoms with Crippen LogP contribution in [0.25, 0.3) is 0 Å². The fraction of sp³-hybridized carbons (Fsp3) is 0.625. The topological polar surface area (TPSA) is 137 Å². The summed E-state index contributed by atoms with van der Waals surface area (Å²) >= 11 is 0. The summed E-state index contributed by atoms with van der Waals surface area (Å²) in [4.78, 5) is 23.5. The van der Waals surface area contributed by atoms with E-state index in [1.807, 2.05) is 20.8 Å². The van der Waals surface area contributed by atoms with Crippen LogP contribution in [0.15, 0.2) is 6.20 Å². The van der Waals surface area contributed by atoms with Gasteiger partial charge >= 0.3 is 5.97 Å². The number of hydrogen-bond acceptors (Lipinski definition) is 6. The number of rotatable bonds is 3. The molecule has 0 aliphatic heterocycles. The summed E-state index contributed by atoms with van der Waals surface area (Å²) in [6.45, 7) is 5.45. The lowest BCUT2D eigenvalue weighted by atomic mass is 9.78. The molecule has 0 aromatic carbocycles. The molecule has 0 saturated heterocycles. The zero-order valence-electron chi connectivity index (χ0n) is 14.2. The maximum atomic E-state index is 12.2. The Morgan fingerprint density at radius 1 is 1.42 bits per heavy atom. The van der Waals surface area contributed by atoms with E-state index in [9.17, 15) is 14.9 Å². The highest BCUT2D eigenvalue weighted by atomic mass is 16.6. The van der Waals surface area contributed by atoms with E-state index in [1.165, 1.54) is 10.9 Å². The molecule has 1 aromatic rings. The molecule has 1 aliphatic carbocycles. The van der Waals surface area contributed by atoms with Crippen molar-refractivity contribution in [2.45, 2.75) is 51.7 Å². The van der Waals surface area contributed by atoms with Crippen LogP contribution in [-0.2, 0) is 9.53 Å². The molecule has 1 amide bonds. The van der Waals surface area contributed by atoms with E-state index < -0.39 is 17.4 Å². The smallest absolute Gasteiger partial charge is 0.309 e. The van der Waals surface area contributed by atoms with E-state index in [2.05, 4.69) is 11.2 Å². The lowest BCUT2D eigenvalue weighted by molar-refractivity contribution is -0.161. The zero-order chi connectivity index (χ0) is 18.1. The van der Waals surface area contributed by atoms with E-state index in [4.69, 9.17) is 16.2 Å². The summed E-state index contributed by atoms with van der Waals surface area (Å²) in [6, 6.07) is 1.99. The van der Waals surface area contributed by atoms with E-state index in [-0.39, 0.29) is 29.3 Å². The first-order chi connectivity index (χ1) is 11.1. The number of aromatic nitrogens is 2. The summed E-state index contributed by atoms with van der Waals surface area (Å²) in [5.74, 6) is -1.62. The summed E-state index contributed by atoms with van der Waals surface area (Å²) in [5, 5.41) is 13.6. The van der Waals surface area contributed by atoms with Gasteiger partial charge in [-0.05, 0) is 40.0 Å². The van der Waals surface area contributed by atoms with Crippen LogP contribution in [0.5, 0.6) is 0 Å². The van der Waals surface area contributed by atoms with Crippen LogP contribution < -0.4 is 11.5 Å². The van der Waals surface area contributed by atoms with E-state index in [0.29, 0.717) is 19.3 Å². The van der Waals surface area contributed by atoms with Crippen molar-refractivity contribution in [1.29, 1.82) is 5.26 Å². The minimum Gasteiger partial charge on any atom is -0.460 e. The number of hydrogen-bond donors (Lipinski definition) is 2. The summed E-state index contributed by atoms with van der Waals surface area (Å²) < 4.78 is 6.94. The first-order valence-corrected chi connectivity index (χ1v) is 7.89. The molecule has 1 saturated carbocycles. The molecule has 4 N–H and O–H groups in total. The fourth-order valence-electron chi connectivity index (χ4n) is 2.97. The van der Waals surface area contributed by atoms with E-state index >= 15 is 0 Å². The van der Waals surface area contributed by atoms with Gasteiger partial charge < -0.3 is 16.2 Å². The number of carbonyl (C=O) groups is 2. The summed E-state index contributed by atoms with van der Waals surface area (Å²) in [6.07, 6.45) is 3.02. The first kappa shape index (κ1) is 17.8. The minimum atomic E-state index is -0.658. The number of carbonyl (C=O) groups excluding carboxylic acids is 2. The molecule has 1 heterocycles. The number of nitriles is 1. The Balaban J connectivity index is 2.14. The van der Waals surface area contributed by atoms with Gasteiger partial charge in [-0.3, -0.25) is 14.3 Å². The van der Waals surface area contributed by atoms with Gasteiger partial charge in [0.05, 0.1) is 23.9 Å². The monoisotopic (exact) mass is 333 g/mol. The van der Waals surface area contributed by atoms with Crippen LogP contribution in [0.1, 0.15) is 56.4 Å². The first-order valence-electron chi connectivity index (χ1n) is 7.89. The minimum absolute atomic E-state index is 0.0495. The molecule has 0 spiro atoms. The van der Waals surface area contributed by atoms with Crippen LogP contribution in [0.4, 0.5) is 5.82 Å². The highest BCUT2D eigenvalue weighted by Gasteiger charge is 2.37. The molecular formula is C16H23N5O3. The zero-order valence-corrected chi connectivity index (χ0v) is 14.2. The molecule has 8 heteroatoms. The van der Waals surface area contributed by atoms with Crippen molar-refractivity contribution in [3.05, 3.63) is 11.8 Å². The standard InChI is InChI=1S/C16H23N5O3/c1-16(2,3)24-15(23)9-4-5-12(10(6-9)7-17)21-8-11(14(19)22)13(18)20-21/h8-10,12H,4-6H2,1-3H3,(H2,18,20)(H2,19,22). The van der Waals surface area contributed by atoms with Crippen molar-refractivity contribution in [2.75, 3.05) is 5.73 Å². The van der Waals surface area contributed by atoms with Crippen molar-refractivity contribution < 1.29 is 14.3 Å². The largest absolute Gasteiger partial charge is 0.460 e. The number of nitrogens with zero attached hydrogens (tertiary/aromatic N) is 3. The van der Waals surface area contributed by atoms with Gasteiger partial charge in [-0.25, -0.2) is 0 Å². The average Bonchev–Trinajstić information content (AvgIpc) is 2.86. The third-order valence-corrected chi connectivity index (χ3v) is 4.09. The highest BCUT2D eigenvalue weighted by Crippen LogP contribution is 2.38. The van der Waals surface area contributed by atoms with Crippen molar-refractivity contribution in [3.8, 4) is 6.07 Å². The average molecular weight is 333 g/mol. The molecule has 2 rings (SSSR count). The molecule has 130 valence electrons. The van der Waals surface area contributed by atoms with Gasteiger partial charge in [0.2, 0.25) is 0 Å². The third kappa shape index (κ3) is 3.85. The second-order valence-corrected chi connectivity index (χ2v) is 7.12. The molecule has 3 atom stereocenters. The number of amides is 1. The Hall–Kier alpha value is -2.56. The van der Waals surface area contributed by atoms with Gasteiger partial charge in [-0.2, -0.15) is 10.4 Å². The Kier molecular flexibility index (Phi) is 4.83. The molecule has 24 heavy (non-hydrogen) atoms. The molecule has 0 radical (unpaired) electrons. The second-order valence-electron chi connectivity index (χ2n) is 7.12. The number of esters is 1. The van der Waals surface area contributed by atoms with Crippen molar-refractivity contribution >= 4 is 17.7 Å². The van der Waals surface area contributed by atoms with Crippen molar-refractivity contribution in [1.82, 2.24) is 9.78 Å². The fourth-order valence-corrected chi connectivity index (χ4v) is 2.97. The van der Waals surface area contributed by atoms with Crippen LogP contribution in [-0.4, -0.2) is 27.3 Å². The maximum absolute atomic E-state index is 12.2. The number of nitrogens with two attached hydrogens (primary N) is 2.